The molecule has 4 heterocycles. The number of aldehydes is 1. The quantitative estimate of drug-likeness (QED) is 0.129. The van der Waals surface area contributed by atoms with E-state index >= 15 is 0 Å². The molecule has 16 heteroatoms. The Morgan fingerprint density at radius 1 is 0.927 bits per heavy atom. The van der Waals surface area contributed by atoms with Gasteiger partial charge in [-0.3, -0.25) is 9.59 Å². The number of nitrogens with zero attached hydrogens (tertiary/aromatic N) is 1. The number of epoxide rings is 1. The van der Waals surface area contributed by atoms with Gasteiger partial charge in [-0.1, -0.05) is 20.8 Å². The summed E-state index contributed by atoms with van der Waals surface area (Å²) in [5.74, 6) is -3.48. The Bertz CT molecular complexity index is 1300. The molecule has 0 aromatic carbocycles. The lowest BCUT2D eigenvalue weighted by Gasteiger charge is -2.46. The number of carbonyl (C=O) groups is 3. The molecular formula is C39H65NO15. The molecule has 0 unspecified atom stereocenters. The lowest BCUT2D eigenvalue weighted by molar-refractivity contribution is -0.305. The number of methoxy groups -OCH3 is 2. The third-order valence-corrected chi connectivity index (χ3v) is 12.0. The van der Waals surface area contributed by atoms with E-state index < -0.39 is 127 Å². The van der Waals surface area contributed by atoms with Gasteiger partial charge in [0, 0.05) is 38.4 Å². The average Bonchev–Trinajstić information content (AvgIpc) is 3.81. The number of ether oxygens (including phenoxy) is 8. The number of carbonyl (C=O) groups excluding carboxylic acids is 3. The number of likely N-dealkylation sites (N-methyl/N-ethyl adjacent to an activating group) is 1. The maximum atomic E-state index is 13.7. The first kappa shape index (κ1) is 45.8. The molecule has 16 nitrogen and oxygen atoms in total. The minimum Gasteiger partial charge on any atom is -0.462 e. The van der Waals surface area contributed by atoms with E-state index in [1.54, 1.807) is 52.8 Å². The molecule has 0 aromatic heterocycles. The van der Waals surface area contributed by atoms with Gasteiger partial charge in [-0.2, -0.15) is 0 Å². The number of rotatable bonds is 11. The number of fused-ring (bicyclic) bond motifs is 1. The number of allylic oxidation sites excluding steroid dienone is 1. The molecule has 0 aromatic rings. The Kier molecular flexibility index (Phi) is 16.4. The molecule has 0 spiro atoms. The summed E-state index contributed by atoms with van der Waals surface area (Å²) in [5, 5.41) is 44.3. The minimum absolute atomic E-state index is 0.0129. The molecule has 0 bridgehead atoms. The van der Waals surface area contributed by atoms with Crippen molar-refractivity contribution in [3.8, 4) is 0 Å². The van der Waals surface area contributed by atoms with Crippen molar-refractivity contribution in [2.24, 2.45) is 23.7 Å². The first-order valence-corrected chi connectivity index (χ1v) is 19.5. The molecule has 0 saturated carbocycles. The first-order chi connectivity index (χ1) is 25.9. The van der Waals surface area contributed by atoms with E-state index in [1.807, 2.05) is 13.8 Å². The van der Waals surface area contributed by atoms with Crippen molar-refractivity contribution >= 4 is 18.0 Å². The summed E-state index contributed by atoms with van der Waals surface area (Å²) in [6.45, 7) is 10.4. The highest BCUT2D eigenvalue weighted by Crippen LogP contribution is 2.45. The lowest BCUT2D eigenvalue weighted by Crippen LogP contribution is -2.63. The molecule has 0 amide bonds. The Balaban J connectivity index is 1.64. The second-order valence-electron chi connectivity index (χ2n) is 16.2. The molecule has 4 aliphatic rings. The Morgan fingerprint density at radius 2 is 1.56 bits per heavy atom. The Labute approximate surface area is 324 Å². The predicted molar refractivity (Wildman–Crippen MR) is 195 cm³/mol. The summed E-state index contributed by atoms with van der Waals surface area (Å²) in [6.07, 6.45) is -7.97. The summed E-state index contributed by atoms with van der Waals surface area (Å²) in [7, 11) is 6.35. The Morgan fingerprint density at radius 3 is 2.16 bits per heavy atom. The lowest BCUT2D eigenvalue weighted by atomic mass is 9.79. The van der Waals surface area contributed by atoms with Crippen molar-refractivity contribution in [2.75, 3.05) is 34.9 Å². The van der Waals surface area contributed by atoms with Crippen LogP contribution in [0.3, 0.4) is 0 Å². The third-order valence-electron chi connectivity index (χ3n) is 12.0. The van der Waals surface area contributed by atoms with Crippen LogP contribution in [0.25, 0.3) is 0 Å². The third kappa shape index (κ3) is 10.6. The van der Waals surface area contributed by atoms with Crippen molar-refractivity contribution in [2.45, 2.75) is 159 Å². The van der Waals surface area contributed by atoms with Gasteiger partial charge in [0.2, 0.25) is 0 Å². The summed E-state index contributed by atoms with van der Waals surface area (Å²) < 4.78 is 48.0. The molecule has 19 atom stereocenters. The van der Waals surface area contributed by atoms with Crippen molar-refractivity contribution in [1.82, 2.24) is 4.90 Å². The van der Waals surface area contributed by atoms with Crippen molar-refractivity contribution in [3.63, 3.8) is 0 Å². The smallest absolute Gasteiger partial charge is 0.308 e. The van der Waals surface area contributed by atoms with E-state index in [0.29, 0.717) is 6.42 Å². The highest BCUT2D eigenvalue weighted by atomic mass is 16.7. The molecule has 316 valence electrons. The number of aliphatic hydroxyl groups excluding tert-OH is 4. The van der Waals surface area contributed by atoms with Crippen LogP contribution >= 0.6 is 0 Å². The van der Waals surface area contributed by atoms with Gasteiger partial charge in [0.15, 0.2) is 18.4 Å². The number of cyclic esters (lactones) is 1. The highest BCUT2D eigenvalue weighted by molar-refractivity contribution is 5.91. The van der Waals surface area contributed by atoms with Gasteiger partial charge in [0.05, 0.1) is 55.7 Å². The highest BCUT2D eigenvalue weighted by Gasteiger charge is 2.58. The van der Waals surface area contributed by atoms with E-state index in [2.05, 4.69) is 0 Å². The molecule has 4 aliphatic heterocycles. The van der Waals surface area contributed by atoms with E-state index in [9.17, 15) is 34.8 Å². The average molecular weight is 788 g/mol. The predicted octanol–water partition coefficient (Wildman–Crippen LogP) is 0.774. The fourth-order valence-corrected chi connectivity index (χ4v) is 8.41. The summed E-state index contributed by atoms with van der Waals surface area (Å²) in [5.41, 5.74) is -0.909. The number of hydrogen-bond donors (Lipinski definition) is 4. The van der Waals surface area contributed by atoms with Gasteiger partial charge >= 0.3 is 5.97 Å². The van der Waals surface area contributed by atoms with E-state index in [-0.39, 0.29) is 25.2 Å². The van der Waals surface area contributed by atoms with Crippen LogP contribution in [-0.2, 0) is 52.3 Å². The molecule has 3 saturated heterocycles. The molecular weight excluding hydrogens is 722 g/mol. The fourth-order valence-electron chi connectivity index (χ4n) is 8.41. The fraction of sp³-hybridized carbons (Fsp3) is 0.872. The van der Waals surface area contributed by atoms with Crippen LogP contribution in [0.5, 0.6) is 0 Å². The molecule has 55 heavy (non-hydrogen) atoms. The van der Waals surface area contributed by atoms with Gasteiger partial charge in [-0.15, -0.1) is 0 Å². The second-order valence-corrected chi connectivity index (χ2v) is 16.2. The van der Waals surface area contributed by atoms with Crippen LogP contribution in [0.15, 0.2) is 12.2 Å². The van der Waals surface area contributed by atoms with Crippen LogP contribution < -0.4 is 0 Å². The van der Waals surface area contributed by atoms with Gasteiger partial charge in [-0.25, -0.2) is 0 Å². The number of aliphatic hydroxyl groups is 4. The SMILES string of the molecule is CC[C@H]1OC(=O)C[C@@H](O)[C@H](C)[C@@H](O[C@@H]2O[C@H](C)[C@@H](O)[C@H](N(C)C)[C@H]2O)[C@@H](CC=O)C[C@@H](C)C(=O)/C=C/[C@@]2(C)O[C@@H]2[C@@H]1CO[C@@H]1O[C@H](C)[C@@H](O)[C@@H](OC)[C@H]1OC. The maximum Gasteiger partial charge on any atom is 0.308 e. The zero-order valence-corrected chi connectivity index (χ0v) is 33.9. The molecule has 4 rings (SSSR count). The first-order valence-electron chi connectivity index (χ1n) is 19.5. The second kappa shape index (κ2) is 19.7. The topological polar surface area (TPSA) is 213 Å². The zero-order chi connectivity index (χ0) is 40.9. The van der Waals surface area contributed by atoms with Crippen molar-refractivity contribution in [3.05, 3.63) is 12.2 Å². The van der Waals surface area contributed by atoms with Crippen molar-refractivity contribution in [1.29, 1.82) is 0 Å². The largest absolute Gasteiger partial charge is 0.462 e. The number of hydrogen-bond acceptors (Lipinski definition) is 16. The van der Waals surface area contributed by atoms with Crippen molar-refractivity contribution < 1.29 is 72.7 Å². The van der Waals surface area contributed by atoms with Crippen LogP contribution in [0.1, 0.15) is 67.2 Å². The monoisotopic (exact) mass is 787 g/mol. The van der Waals surface area contributed by atoms with Gasteiger partial charge < -0.3 is 68.0 Å². The minimum atomic E-state index is -1.33. The van der Waals surface area contributed by atoms with E-state index in [4.69, 9.17) is 37.9 Å². The summed E-state index contributed by atoms with van der Waals surface area (Å²) in [4.78, 5) is 41.0. The van der Waals surface area contributed by atoms with E-state index in [1.165, 1.54) is 20.3 Å². The van der Waals surface area contributed by atoms with Crippen LogP contribution in [0.4, 0.5) is 0 Å². The van der Waals surface area contributed by atoms with Gasteiger partial charge in [-0.05, 0) is 65.8 Å². The standard InChI is InChI=1S/C39H65NO15/c1-11-27-24(18-50-38-35(49-10)34(48-9)31(46)22(5)52-38)36-39(6,55-36)14-12-25(42)19(2)16-23(13-15-41)33(20(3)26(43)17-28(44)53-27)54-37-32(47)29(40(7)8)30(45)21(4)51-37/h12,14-15,19-24,26-27,29-38,43,45-47H,11,13,16-18H2,1-10H3/b14-12+/t19-,20+,21-,22-,23+,24-,26-,27-,29+,30-,31-,32-,33-,34-,35-,36-,37+,38-,39-/m1/s1. The molecule has 0 radical (unpaired) electrons. The zero-order valence-electron chi connectivity index (χ0n) is 33.9. The van der Waals surface area contributed by atoms with Crippen LogP contribution in [0.2, 0.25) is 0 Å². The Hall–Kier alpha value is -1.93. The summed E-state index contributed by atoms with van der Waals surface area (Å²) >= 11 is 0. The number of ketones is 1. The van der Waals surface area contributed by atoms with Crippen LogP contribution in [-0.4, -0.2) is 170 Å². The molecule has 3 fully saturated rings. The maximum absolute atomic E-state index is 13.7. The molecule has 4 N–H and O–H groups in total. The van der Waals surface area contributed by atoms with Gasteiger partial charge in [0.1, 0.15) is 42.4 Å². The molecule has 0 aliphatic carbocycles. The number of esters is 1. The van der Waals surface area contributed by atoms with Crippen LogP contribution in [0, 0.1) is 23.7 Å². The van der Waals surface area contributed by atoms with Gasteiger partial charge in [0.25, 0.3) is 0 Å². The summed E-state index contributed by atoms with van der Waals surface area (Å²) in [6, 6.07) is -0.746. The van der Waals surface area contributed by atoms with E-state index in [0.717, 1.165) is 6.29 Å². The normalized spacial score (nSPS) is 46.8.